The summed E-state index contributed by atoms with van der Waals surface area (Å²) in [7, 11) is 0. The highest BCUT2D eigenvalue weighted by Crippen LogP contribution is 2.24. The van der Waals surface area contributed by atoms with Crippen LogP contribution in [0.3, 0.4) is 0 Å². The van der Waals surface area contributed by atoms with Gasteiger partial charge in [0.2, 0.25) is 0 Å². The molecule has 18 heavy (non-hydrogen) atoms. The van der Waals surface area contributed by atoms with Gasteiger partial charge in [-0.15, -0.1) is 0 Å². The van der Waals surface area contributed by atoms with E-state index in [0.29, 0.717) is 11.0 Å². The number of nitrogens with one attached hydrogen (secondary N) is 1. The van der Waals surface area contributed by atoms with Gasteiger partial charge in [0.25, 0.3) is 0 Å². The molecule has 0 aliphatic rings. The molecule has 2 rings (SSSR count). The van der Waals surface area contributed by atoms with Crippen molar-refractivity contribution >= 4 is 21.6 Å². The third kappa shape index (κ3) is 2.72. The molecule has 1 aromatic heterocycles. The van der Waals surface area contributed by atoms with Crippen molar-refractivity contribution in [1.82, 2.24) is 9.55 Å². The van der Waals surface area contributed by atoms with E-state index >= 15 is 0 Å². The average Bonchev–Trinajstić information content (AvgIpc) is 2.79. The lowest BCUT2D eigenvalue weighted by molar-refractivity contribution is 0.620. The number of hydrogen-bond donors (Lipinski definition) is 1. The first-order valence-electron chi connectivity index (χ1n) is 5.81. The Balaban J connectivity index is 2.13. The summed E-state index contributed by atoms with van der Waals surface area (Å²) in [6, 6.07) is 3.27. The number of hydrogen-bond acceptors (Lipinski definition) is 2. The Labute approximate surface area is 114 Å². The molecular formula is C13H15BrFN3. The summed E-state index contributed by atoms with van der Waals surface area (Å²) in [6.45, 7) is 5.47. The summed E-state index contributed by atoms with van der Waals surface area (Å²) in [5.41, 5.74) is 1.79. The van der Waals surface area contributed by atoms with Gasteiger partial charge in [-0.05, 0) is 47.5 Å². The molecule has 5 heteroatoms. The Hall–Kier alpha value is -1.36. The van der Waals surface area contributed by atoms with Crippen LogP contribution in [0.4, 0.5) is 10.1 Å². The molecule has 0 spiro atoms. The average molecular weight is 312 g/mol. The van der Waals surface area contributed by atoms with Gasteiger partial charge in [-0.3, -0.25) is 0 Å². The number of anilines is 1. The molecule has 0 unspecified atom stereocenters. The minimum Gasteiger partial charge on any atom is -0.378 e. The molecule has 1 aromatic carbocycles. The largest absolute Gasteiger partial charge is 0.378 e. The van der Waals surface area contributed by atoms with E-state index in [0.717, 1.165) is 23.6 Å². The van der Waals surface area contributed by atoms with Crippen LogP contribution in [0.15, 0.2) is 29.0 Å². The van der Waals surface area contributed by atoms with Crippen LogP contribution in [0.5, 0.6) is 0 Å². The topological polar surface area (TPSA) is 29.9 Å². The summed E-state index contributed by atoms with van der Waals surface area (Å²) in [4.78, 5) is 4.29. The van der Waals surface area contributed by atoms with Crippen LogP contribution in [-0.4, -0.2) is 9.55 Å². The lowest BCUT2D eigenvalue weighted by atomic mass is 10.2. The number of aromatic nitrogens is 2. The van der Waals surface area contributed by atoms with E-state index in [2.05, 4.69) is 37.7 Å². The van der Waals surface area contributed by atoms with Crippen molar-refractivity contribution in [3.63, 3.8) is 0 Å². The Morgan fingerprint density at radius 2 is 2.22 bits per heavy atom. The molecule has 0 bridgehead atoms. The minimum atomic E-state index is -0.242. The third-order valence-electron chi connectivity index (χ3n) is 2.85. The highest BCUT2D eigenvalue weighted by Gasteiger charge is 2.06. The Kier molecular flexibility index (Phi) is 4.01. The molecule has 0 atom stereocenters. The maximum absolute atomic E-state index is 13.3. The van der Waals surface area contributed by atoms with E-state index in [1.165, 1.54) is 6.07 Å². The Morgan fingerprint density at radius 3 is 2.94 bits per heavy atom. The molecule has 0 fully saturated rings. The van der Waals surface area contributed by atoms with E-state index in [-0.39, 0.29) is 5.82 Å². The molecule has 0 amide bonds. The minimum absolute atomic E-state index is 0.242. The zero-order valence-corrected chi connectivity index (χ0v) is 12.0. The standard InChI is InChI=1S/C13H15BrFN3/c1-3-18-5-4-16-13(18)8-17-12-7-10(14)11(15)6-9(12)2/h4-7,17H,3,8H2,1-2H3. The summed E-state index contributed by atoms with van der Waals surface area (Å²) in [5.74, 6) is 0.727. The van der Waals surface area contributed by atoms with Crippen LogP contribution in [0.2, 0.25) is 0 Å². The monoisotopic (exact) mass is 311 g/mol. The van der Waals surface area contributed by atoms with Gasteiger partial charge in [-0.2, -0.15) is 0 Å². The van der Waals surface area contributed by atoms with Crippen molar-refractivity contribution in [1.29, 1.82) is 0 Å². The first kappa shape index (κ1) is 13.1. The van der Waals surface area contributed by atoms with Gasteiger partial charge in [0.1, 0.15) is 11.6 Å². The lowest BCUT2D eigenvalue weighted by Gasteiger charge is -2.11. The fourth-order valence-electron chi connectivity index (χ4n) is 1.81. The first-order valence-corrected chi connectivity index (χ1v) is 6.60. The van der Waals surface area contributed by atoms with Crippen LogP contribution in [0, 0.1) is 12.7 Å². The second-order valence-electron chi connectivity index (χ2n) is 4.06. The molecule has 0 saturated carbocycles. The Morgan fingerprint density at radius 1 is 1.44 bits per heavy atom. The zero-order valence-electron chi connectivity index (χ0n) is 10.4. The number of imidazole rings is 1. The zero-order chi connectivity index (χ0) is 13.1. The van der Waals surface area contributed by atoms with Gasteiger partial charge in [-0.1, -0.05) is 0 Å². The number of aryl methyl sites for hydroxylation is 2. The highest BCUT2D eigenvalue weighted by molar-refractivity contribution is 9.10. The third-order valence-corrected chi connectivity index (χ3v) is 3.45. The van der Waals surface area contributed by atoms with E-state index in [1.54, 1.807) is 12.3 Å². The summed E-state index contributed by atoms with van der Waals surface area (Å²) >= 11 is 3.19. The molecule has 0 aliphatic carbocycles. The SMILES string of the molecule is CCn1ccnc1CNc1cc(Br)c(F)cc1C. The van der Waals surface area contributed by atoms with Crippen LogP contribution >= 0.6 is 15.9 Å². The molecule has 2 aromatic rings. The van der Waals surface area contributed by atoms with Crippen LogP contribution < -0.4 is 5.32 Å². The number of benzene rings is 1. The summed E-state index contributed by atoms with van der Waals surface area (Å²) in [6.07, 6.45) is 3.73. The fraction of sp³-hybridized carbons (Fsp3) is 0.308. The molecule has 0 aliphatic heterocycles. The van der Waals surface area contributed by atoms with Crippen molar-refractivity contribution < 1.29 is 4.39 Å². The van der Waals surface area contributed by atoms with E-state index in [9.17, 15) is 4.39 Å². The van der Waals surface area contributed by atoms with Gasteiger partial charge in [-0.25, -0.2) is 9.37 Å². The molecular weight excluding hydrogens is 297 g/mol. The number of halogens is 2. The molecule has 1 N–H and O–H groups in total. The van der Waals surface area contributed by atoms with Crippen molar-refractivity contribution in [2.45, 2.75) is 26.9 Å². The predicted octanol–water partition coefficient (Wildman–Crippen LogP) is 3.73. The Bertz CT molecular complexity index is 551. The van der Waals surface area contributed by atoms with Crippen molar-refractivity contribution in [3.8, 4) is 0 Å². The quantitative estimate of drug-likeness (QED) is 0.932. The fourth-order valence-corrected chi connectivity index (χ4v) is 2.15. The molecule has 0 radical (unpaired) electrons. The van der Waals surface area contributed by atoms with Crippen LogP contribution in [0.1, 0.15) is 18.3 Å². The number of rotatable bonds is 4. The smallest absolute Gasteiger partial charge is 0.137 e. The second kappa shape index (κ2) is 5.52. The molecule has 0 saturated heterocycles. The molecule has 3 nitrogen and oxygen atoms in total. The summed E-state index contributed by atoms with van der Waals surface area (Å²) < 4.78 is 15.8. The van der Waals surface area contributed by atoms with Gasteiger partial charge in [0, 0.05) is 24.6 Å². The maximum Gasteiger partial charge on any atom is 0.137 e. The van der Waals surface area contributed by atoms with Crippen molar-refractivity contribution in [3.05, 3.63) is 46.2 Å². The summed E-state index contributed by atoms with van der Waals surface area (Å²) in [5, 5.41) is 3.28. The lowest BCUT2D eigenvalue weighted by Crippen LogP contribution is -2.08. The first-order chi connectivity index (χ1) is 8.61. The second-order valence-corrected chi connectivity index (χ2v) is 4.92. The van der Waals surface area contributed by atoms with Crippen molar-refractivity contribution in [2.24, 2.45) is 0 Å². The van der Waals surface area contributed by atoms with Gasteiger partial charge in [0.05, 0.1) is 11.0 Å². The van der Waals surface area contributed by atoms with Crippen LogP contribution in [-0.2, 0) is 13.1 Å². The van der Waals surface area contributed by atoms with Crippen molar-refractivity contribution in [2.75, 3.05) is 5.32 Å². The molecule has 96 valence electrons. The van der Waals surface area contributed by atoms with Gasteiger partial charge < -0.3 is 9.88 Å². The predicted molar refractivity (Wildman–Crippen MR) is 74.1 cm³/mol. The van der Waals surface area contributed by atoms with E-state index < -0.39 is 0 Å². The maximum atomic E-state index is 13.3. The van der Waals surface area contributed by atoms with E-state index in [1.807, 2.05) is 13.1 Å². The van der Waals surface area contributed by atoms with E-state index in [4.69, 9.17) is 0 Å². The van der Waals surface area contributed by atoms with Crippen LogP contribution in [0.25, 0.3) is 0 Å². The number of nitrogens with zero attached hydrogens (tertiary/aromatic N) is 2. The highest BCUT2D eigenvalue weighted by atomic mass is 79.9. The van der Waals surface area contributed by atoms with Gasteiger partial charge >= 0.3 is 0 Å². The normalized spacial score (nSPS) is 10.7. The van der Waals surface area contributed by atoms with Gasteiger partial charge in [0.15, 0.2) is 0 Å². The molecule has 1 heterocycles.